The van der Waals surface area contributed by atoms with Gasteiger partial charge >= 0.3 is 5.69 Å². The molecule has 0 aliphatic heterocycles. The number of benzene rings is 3. The lowest BCUT2D eigenvalue weighted by atomic mass is 10.1. The van der Waals surface area contributed by atoms with Gasteiger partial charge in [-0.05, 0) is 36.4 Å². The highest BCUT2D eigenvalue weighted by atomic mass is 16.6. The number of nitrogens with one attached hydrogen (secondary N) is 2. The predicted molar refractivity (Wildman–Crippen MR) is 111 cm³/mol. The summed E-state index contributed by atoms with van der Waals surface area (Å²) < 4.78 is 1.02. The molecule has 30 heavy (non-hydrogen) atoms. The van der Waals surface area contributed by atoms with Crippen molar-refractivity contribution in [1.29, 1.82) is 0 Å². The molecule has 1 amide bonds. The number of anilines is 1. The Kier molecular flexibility index (Phi) is 4.69. The van der Waals surface area contributed by atoms with Crippen molar-refractivity contribution in [1.82, 2.24) is 9.55 Å². The molecule has 0 fully saturated rings. The Morgan fingerprint density at radius 2 is 1.73 bits per heavy atom. The minimum Gasteiger partial charge on any atom is -0.322 e. The largest absolute Gasteiger partial charge is 0.333 e. The zero-order valence-electron chi connectivity index (χ0n) is 15.4. The molecule has 2 N–H and O–H groups in total. The van der Waals surface area contributed by atoms with Gasteiger partial charge in [0.05, 0.1) is 21.5 Å². The summed E-state index contributed by atoms with van der Waals surface area (Å²) in [5, 5.41) is 13.7. The van der Waals surface area contributed by atoms with Crippen LogP contribution in [-0.4, -0.2) is 20.4 Å². The molecule has 9 heteroatoms. The molecule has 4 aromatic rings. The van der Waals surface area contributed by atoms with Crippen LogP contribution in [0.15, 0.2) is 82.4 Å². The lowest BCUT2D eigenvalue weighted by Crippen LogP contribution is -2.33. The Morgan fingerprint density at radius 1 is 0.967 bits per heavy atom. The van der Waals surface area contributed by atoms with E-state index < -0.39 is 22.1 Å². The number of carbonyl (C=O) groups is 1. The van der Waals surface area contributed by atoms with Crippen molar-refractivity contribution in [3.8, 4) is 5.69 Å². The van der Waals surface area contributed by atoms with Gasteiger partial charge in [-0.15, -0.1) is 0 Å². The van der Waals surface area contributed by atoms with E-state index in [9.17, 15) is 24.5 Å². The van der Waals surface area contributed by atoms with Gasteiger partial charge in [0.25, 0.3) is 17.2 Å². The molecule has 0 atom stereocenters. The maximum absolute atomic E-state index is 12.8. The summed E-state index contributed by atoms with van der Waals surface area (Å²) in [5.74, 6) is -0.537. The highest BCUT2D eigenvalue weighted by molar-refractivity contribution is 6.06. The Balaban J connectivity index is 1.71. The number of non-ortho nitro benzene ring substituents is 1. The third-order valence-electron chi connectivity index (χ3n) is 4.49. The summed E-state index contributed by atoms with van der Waals surface area (Å²) in [5.41, 5.74) is -0.219. The van der Waals surface area contributed by atoms with Crippen molar-refractivity contribution in [3.63, 3.8) is 0 Å². The molecular weight excluding hydrogens is 388 g/mol. The first-order chi connectivity index (χ1) is 14.4. The fraction of sp³-hybridized carbons (Fsp3) is 0. The molecule has 0 bridgehead atoms. The van der Waals surface area contributed by atoms with Gasteiger partial charge in [0, 0.05) is 23.4 Å². The number of amides is 1. The van der Waals surface area contributed by atoms with E-state index in [2.05, 4.69) is 10.3 Å². The summed E-state index contributed by atoms with van der Waals surface area (Å²) in [6.45, 7) is 0. The number of nitro groups is 1. The molecule has 9 nitrogen and oxygen atoms in total. The van der Waals surface area contributed by atoms with Crippen LogP contribution in [0.2, 0.25) is 0 Å². The van der Waals surface area contributed by atoms with Crippen LogP contribution in [0, 0.1) is 10.1 Å². The van der Waals surface area contributed by atoms with Gasteiger partial charge in [-0.3, -0.25) is 19.7 Å². The van der Waals surface area contributed by atoms with Crippen LogP contribution in [0.5, 0.6) is 0 Å². The fourth-order valence-electron chi connectivity index (χ4n) is 3.07. The molecule has 148 valence electrons. The lowest BCUT2D eigenvalue weighted by Gasteiger charge is -2.08. The molecule has 0 spiro atoms. The smallest absolute Gasteiger partial charge is 0.322 e. The average molecular weight is 402 g/mol. The van der Waals surface area contributed by atoms with E-state index in [4.69, 9.17) is 0 Å². The number of H-pyrrole nitrogens is 1. The Hall–Kier alpha value is -4.53. The first kappa shape index (κ1) is 18.8. The van der Waals surface area contributed by atoms with Crippen LogP contribution in [-0.2, 0) is 0 Å². The monoisotopic (exact) mass is 402 g/mol. The Morgan fingerprint density at radius 3 is 2.47 bits per heavy atom. The molecule has 0 saturated heterocycles. The number of aromatic amines is 1. The van der Waals surface area contributed by atoms with Crippen LogP contribution < -0.4 is 16.6 Å². The van der Waals surface area contributed by atoms with E-state index in [-0.39, 0.29) is 27.8 Å². The molecule has 0 saturated carbocycles. The first-order valence-corrected chi connectivity index (χ1v) is 8.84. The molecule has 1 heterocycles. The average Bonchev–Trinajstić information content (AvgIpc) is 2.74. The van der Waals surface area contributed by atoms with Crippen LogP contribution in [0.4, 0.5) is 11.4 Å². The van der Waals surface area contributed by atoms with Gasteiger partial charge in [-0.2, -0.15) is 0 Å². The number of rotatable bonds is 4. The summed E-state index contributed by atoms with van der Waals surface area (Å²) >= 11 is 0. The highest BCUT2D eigenvalue weighted by Gasteiger charge is 2.14. The summed E-state index contributed by atoms with van der Waals surface area (Å²) in [6, 6.07) is 18.3. The lowest BCUT2D eigenvalue weighted by molar-refractivity contribution is -0.384. The van der Waals surface area contributed by atoms with Gasteiger partial charge in [-0.25, -0.2) is 9.36 Å². The third kappa shape index (κ3) is 3.47. The van der Waals surface area contributed by atoms with Crippen molar-refractivity contribution in [3.05, 3.63) is 109 Å². The highest BCUT2D eigenvalue weighted by Crippen LogP contribution is 2.18. The molecule has 3 aromatic carbocycles. The van der Waals surface area contributed by atoms with Crippen LogP contribution in [0.3, 0.4) is 0 Å². The second-order valence-corrected chi connectivity index (χ2v) is 6.43. The third-order valence-corrected chi connectivity index (χ3v) is 4.49. The minimum absolute atomic E-state index is 0.155. The second kappa shape index (κ2) is 7.47. The minimum atomic E-state index is -0.630. The Bertz CT molecular complexity index is 1410. The van der Waals surface area contributed by atoms with E-state index in [1.165, 1.54) is 42.5 Å². The van der Waals surface area contributed by atoms with Crippen molar-refractivity contribution in [2.24, 2.45) is 0 Å². The number of fused-ring (bicyclic) bond motifs is 1. The van der Waals surface area contributed by atoms with Gasteiger partial charge in [-0.1, -0.05) is 24.3 Å². The van der Waals surface area contributed by atoms with Crippen molar-refractivity contribution >= 4 is 28.2 Å². The molecule has 0 unspecified atom stereocenters. The molecule has 0 radical (unpaired) electrons. The van der Waals surface area contributed by atoms with Gasteiger partial charge < -0.3 is 10.3 Å². The normalized spacial score (nSPS) is 10.7. The Labute approximate surface area is 168 Å². The summed E-state index contributed by atoms with van der Waals surface area (Å²) in [7, 11) is 0. The maximum Gasteiger partial charge on any atom is 0.333 e. The molecular formula is C21H14N4O5. The van der Waals surface area contributed by atoms with Gasteiger partial charge in [0.15, 0.2) is 0 Å². The number of nitrogens with zero attached hydrogens (tertiary/aromatic N) is 2. The van der Waals surface area contributed by atoms with Crippen LogP contribution >= 0.6 is 0 Å². The van der Waals surface area contributed by atoms with E-state index in [0.717, 1.165) is 4.57 Å². The van der Waals surface area contributed by atoms with E-state index >= 15 is 0 Å². The number of hydrogen-bond donors (Lipinski definition) is 2. The first-order valence-electron chi connectivity index (χ1n) is 8.84. The summed E-state index contributed by atoms with van der Waals surface area (Å²) in [4.78, 5) is 50.7. The number of hydrogen-bond acceptors (Lipinski definition) is 5. The van der Waals surface area contributed by atoms with Crippen LogP contribution in [0.25, 0.3) is 16.6 Å². The zero-order valence-corrected chi connectivity index (χ0v) is 15.4. The second-order valence-electron chi connectivity index (χ2n) is 6.43. The van der Waals surface area contributed by atoms with Crippen LogP contribution in [0.1, 0.15) is 10.4 Å². The van der Waals surface area contributed by atoms with E-state index in [0.29, 0.717) is 5.69 Å². The predicted octanol–water partition coefficient (Wildman–Crippen LogP) is 2.84. The van der Waals surface area contributed by atoms with Gasteiger partial charge in [0.2, 0.25) is 0 Å². The van der Waals surface area contributed by atoms with Gasteiger partial charge in [0.1, 0.15) is 0 Å². The fourth-order valence-corrected chi connectivity index (χ4v) is 3.07. The molecule has 1 aromatic heterocycles. The zero-order chi connectivity index (χ0) is 21.3. The standard InChI is InChI=1S/C21H14N4O5/c26-19(22-14-5-4-8-16(12-14)25(29)30)13-9-10-17-18(11-13)23-21(28)24(20(17)27)15-6-2-1-3-7-15/h1-12H,(H,22,26)(H,23,28). The van der Waals surface area contributed by atoms with Crippen molar-refractivity contribution in [2.45, 2.75) is 0 Å². The molecule has 0 aliphatic rings. The topological polar surface area (TPSA) is 127 Å². The number of aromatic nitrogens is 2. The van der Waals surface area contributed by atoms with E-state index in [1.807, 2.05) is 0 Å². The molecule has 4 rings (SSSR count). The van der Waals surface area contributed by atoms with Crippen molar-refractivity contribution < 1.29 is 9.72 Å². The molecule has 0 aliphatic carbocycles. The number of nitro benzene ring substituents is 1. The van der Waals surface area contributed by atoms with Crippen molar-refractivity contribution in [2.75, 3.05) is 5.32 Å². The van der Waals surface area contributed by atoms with E-state index in [1.54, 1.807) is 30.3 Å². The number of carbonyl (C=O) groups excluding carboxylic acids is 1. The maximum atomic E-state index is 12.8. The summed E-state index contributed by atoms with van der Waals surface area (Å²) in [6.07, 6.45) is 0. The number of para-hydroxylation sites is 1. The SMILES string of the molecule is O=C(Nc1cccc([N+](=O)[O-])c1)c1ccc2c(=O)n(-c3ccccc3)c(=O)[nH]c2c1. The quantitative estimate of drug-likeness (QED) is 0.401.